The standard InChI is InChI=1S/C21H17FN6O2/c1-11-23-5-4-16(26-11)13-6-18-21(28-10-25-27-20(13)28)24-7-14-15(22)2-3-17-19(14)12(8-29-17)9-30-18/h2-6,10,12,24H,7-9H2,1H3/t12-/m0/s1. The number of pyridine rings is 1. The third-order valence-electron chi connectivity index (χ3n) is 5.57. The third kappa shape index (κ3) is 2.51. The van der Waals surface area contributed by atoms with Gasteiger partial charge in [-0.3, -0.25) is 4.40 Å². The molecule has 3 aromatic heterocycles. The molecular weight excluding hydrogens is 387 g/mol. The average molecular weight is 404 g/mol. The summed E-state index contributed by atoms with van der Waals surface area (Å²) >= 11 is 0. The highest BCUT2D eigenvalue weighted by molar-refractivity contribution is 5.80. The lowest BCUT2D eigenvalue weighted by Crippen LogP contribution is -2.13. The molecule has 2 aliphatic heterocycles. The molecular formula is C21H17FN6O2. The zero-order valence-electron chi connectivity index (χ0n) is 16.1. The quantitative estimate of drug-likeness (QED) is 0.522. The first-order chi connectivity index (χ1) is 14.7. The van der Waals surface area contributed by atoms with Gasteiger partial charge in [-0.2, -0.15) is 0 Å². The fourth-order valence-electron chi connectivity index (χ4n) is 4.18. The predicted molar refractivity (Wildman–Crippen MR) is 106 cm³/mol. The Morgan fingerprint density at radius 2 is 2.03 bits per heavy atom. The van der Waals surface area contributed by atoms with E-state index in [0.29, 0.717) is 48.4 Å². The number of aryl methyl sites for hydroxylation is 1. The summed E-state index contributed by atoms with van der Waals surface area (Å²) in [7, 11) is 0. The monoisotopic (exact) mass is 404 g/mol. The highest BCUT2D eigenvalue weighted by atomic mass is 19.1. The zero-order valence-corrected chi connectivity index (χ0v) is 16.1. The van der Waals surface area contributed by atoms with Gasteiger partial charge in [-0.15, -0.1) is 10.2 Å². The highest BCUT2D eigenvalue weighted by Gasteiger charge is 2.31. The van der Waals surface area contributed by atoms with Crippen molar-refractivity contribution in [2.75, 3.05) is 18.5 Å². The number of fused-ring (bicyclic) bond motifs is 3. The molecule has 0 radical (unpaired) electrons. The van der Waals surface area contributed by atoms with Crippen molar-refractivity contribution in [2.45, 2.75) is 19.4 Å². The summed E-state index contributed by atoms with van der Waals surface area (Å²) in [6.07, 6.45) is 3.32. The van der Waals surface area contributed by atoms with E-state index in [1.54, 1.807) is 18.6 Å². The molecule has 9 heteroatoms. The number of nitrogens with zero attached hydrogens (tertiary/aromatic N) is 5. The van der Waals surface area contributed by atoms with Crippen molar-refractivity contribution in [3.05, 3.63) is 59.6 Å². The van der Waals surface area contributed by atoms with E-state index in [9.17, 15) is 4.39 Å². The summed E-state index contributed by atoms with van der Waals surface area (Å²) in [5.41, 5.74) is 3.62. The fourth-order valence-corrected chi connectivity index (χ4v) is 4.18. The molecule has 0 saturated heterocycles. The first-order valence-electron chi connectivity index (χ1n) is 9.66. The molecule has 1 N–H and O–H groups in total. The number of benzene rings is 1. The van der Waals surface area contributed by atoms with Crippen LogP contribution in [0, 0.1) is 12.7 Å². The maximum Gasteiger partial charge on any atom is 0.171 e. The summed E-state index contributed by atoms with van der Waals surface area (Å²) in [5.74, 6) is 2.37. The molecule has 30 heavy (non-hydrogen) atoms. The second kappa shape index (κ2) is 6.38. The predicted octanol–water partition coefficient (Wildman–Crippen LogP) is 3.11. The van der Waals surface area contributed by atoms with E-state index in [1.807, 2.05) is 23.5 Å². The molecule has 150 valence electrons. The Balaban J connectivity index is 1.52. The van der Waals surface area contributed by atoms with E-state index in [4.69, 9.17) is 9.47 Å². The van der Waals surface area contributed by atoms with Crippen molar-refractivity contribution in [1.82, 2.24) is 24.6 Å². The highest BCUT2D eigenvalue weighted by Crippen LogP contribution is 2.41. The maximum atomic E-state index is 14.7. The Labute approximate surface area is 170 Å². The number of hydrogen-bond donors (Lipinski definition) is 1. The molecule has 0 unspecified atom stereocenters. The third-order valence-corrected chi connectivity index (χ3v) is 5.57. The van der Waals surface area contributed by atoms with Crippen LogP contribution in [0.25, 0.3) is 16.9 Å². The number of rotatable bonds is 1. The average Bonchev–Trinajstić information content (AvgIpc) is 3.39. The molecule has 8 nitrogen and oxygen atoms in total. The van der Waals surface area contributed by atoms with E-state index < -0.39 is 0 Å². The minimum absolute atomic E-state index is 0.0418. The number of aromatic nitrogens is 5. The van der Waals surface area contributed by atoms with Gasteiger partial charge < -0.3 is 14.8 Å². The van der Waals surface area contributed by atoms with Gasteiger partial charge in [0.05, 0.1) is 24.8 Å². The Morgan fingerprint density at radius 1 is 1.17 bits per heavy atom. The van der Waals surface area contributed by atoms with Gasteiger partial charge in [0.25, 0.3) is 0 Å². The normalized spacial score (nSPS) is 17.1. The van der Waals surface area contributed by atoms with Gasteiger partial charge in [0.2, 0.25) is 0 Å². The van der Waals surface area contributed by atoms with Crippen LogP contribution in [-0.2, 0) is 6.54 Å². The van der Waals surface area contributed by atoms with E-state index in [-0.39, 0.29) is 11.7 Å². The van der Waals surface area contributed by atoms with Crippen LogP contribution in [0.1, 0.15) is 22.9 Å². The van der Waals surface area contributed by atoms with Gasteiger partial charge in [0.15, 0.2) is 17.2 Å². The summed E-state index contributed by atoms with van der Waals surface area (Å²) < 4.78 is 28.5. The number of anilines is 1. The summed E-state index contributed by atoms with van der Waals surface area (Å²) in [6.45, 7) is 2.97. The first-order valence-corrected chi connectivity index (χ1v) is 9.66. The van der Waals surface area contributed by atoms with Crippen LogP contribution in [0.15, 0.2) is 36.8 Å². The van der Waals surface area contributed by atoms with Crippen LogP contribution in [0.3, 0.4) is 0 Å². The molecule has 1 atom stereocenters. The van der Waals surface area contributed by atoms with Gasteiger partial charge in [0, 0.05) is 29.4 Å². The van der Waals surface area contributed by atoms with Crippen LogP contribution >= 0.6 is 0 Å². The minimum atomic E-state index is -0.256. The molecule has 0 fully saturated rings. The Hall–Kier alpha value is -3.75. The lowest BCUT2D eigenvalue weighted by Gasteiger charge is -2.16. The molecule has 6 rings (SSSR count). The van der Waals surface area contributed by atoms with Crippen LogP contribution in [0.2, 0.25) is 0 Å². The van der Waals surface area contributed by atoms with Crippen LogP contribution in [-0.4, -0.2) is 37.8 Å². The van der Waals surface area contributed by atoms with Crippen molar-refractivity contribution >= 4 is 11.5 Å². The van der Waals surface area contributed by atoms with Gasteiger partial charge >= 0.3 is 0 Å². The molecule has 2 aliphatic rings. The molecule has 0 aliphatic carbocycles. The SMILES string of the molecule is Cc1nccc(-c2cc3c(n4cnnc24)NCc2c(F)ccc4c2[C@@H](CO4)CO3)n1. The van der Waals surface area contributed by atoms with Crippen molar-refractivity contribution in [3.8, 4) is 22.8 Å². The van der Waals surface area contributed by atoms with Gasteiger partial charge in [-0.25, -0.2) is 14.4 Å². The van der Waals surface area contributed by atoms with E-state index in [0.717, 1.165) is 22.6 Å². The fraction of sp³-hybridized carbons (Fsp3) is 0.238. The number of hydrogen-bond acceptors (Lipinski definition) is 7. The second-order valence-corrected chi connectivity index (χ2v) is 7.39. The minimum Gasteiger partial charge on any atom is -0.493 e. The molecule has 1 aromatic carbocycles. The Kier molecular flexibility index (Phi) is 3.64. The first kappa shape index (κ1) is 17.1. The second-order valence-electron chi connectivity index (χ2n) is 7.39. The maximum absolute atomic E-state index is 14.7. The van der Waals surface area contributed by atoms with Crippen LogP contribution in [0.5, 0.6) is 11.5 Å². The van der Waals surface area contributed by atoms with Crippen LogP contribution < -0.4 is 14.8 Å². The summed E-state index contributed by atoms with van der Waals surface area (Å²) in [4.78, 5) is 8.70. The van der Waals surface area contributed by atoms with Crippen molar-refractivity contribution in [2.24, 2.45) is 0 Å². The molecule has 0 spiro atoms. The van der Waals surface area contributed by atoms with Crippen molar-refractivity contribution < 1.29 is 13.9 Å². The Bertz CT molecular complexity index is 1300. The van der Waals surface area contributed by atoms with E-state index in [2.05, 4.69) is 25.5 Å². The number of nitrogens with one attached hydrogen (secondary N) is 1. The van der Waals surface area contributed by atoms with Gasteiger partial charge in [-0.1, -0.05) is 0 Å². The number of halogens is 1. The van der Waals surface area contributed by atoms with Crippen molar-refractivity contribution in [3.63, 3.8) is 0 Å². The topological polar surface area (TPSA) is 86.5 Å². The largest absolute Gasteiger partial charge is 0.493 e. The zero-order chi connectivity index (χ0) is 20.2. The molecule has 5 heterocycles. The van der Waals surface area contributed by atoms with Gasteiger partial charge in [0.1, 0.15) is 23.7 Å². The van der Waals surface area contributed by atoms with Crippen molar-refractivity contribution in [1.29, 1.82) is 0 Å². The number of ether oxygens (including phenoxy) is 2. The molecule has 0 bridgehead atoms. The Morgan fingerprint density at radius 3 is 2.90 bits per heavy atom. The van der Waals surface area contributed by atoms with E-state index in [1.165, 1.54) is 6.07 Å². The van der Waals surface area contributed by atoms with Gasteiger partial charge in [-0.05, 0) is 31.2 Å². The lowest BCUT2D eigenvalue weighted by atomic mass is 9.96. The smallest absolute Gasteiger partial charge is 0.171 e. The molecule has 4 aromatic rings. The van der Waals surface area contributed by atoms with E-state index >= 15 is 0 Å². The molecule has 0 saturated carbocycles. The van der Waals surface area contributed by atoms with Crippen LogP contribution in [0.4, 0.5) is 10.2 Å². The summed E-state index contributed by atoms with van der Waals surface area (Å²) in [5, 5.41) is 11.7. The lowest BCUT2D eigenvalue weighted by molar-refractivity contribution is 0.249. The summed E-state index contributed by atoms with van der Waals surface area (Å²) in [6, 6.07) is 6.87. The molecule has 0 amide bonds.